The number of carbonyl (C=O) groups excluding carboxylic acids is 3. The van der Waals surface area contributed by atoms with Gasteiger partial charge in [0.15, 0.2) is 18.1 Å². The average molecular weight is 443 g/mol. The number of nitrogens with zero attached hydrogens (tertiary/aromatic N) is 1. The molecule has 0 saturated carbocycles. The van der Waals surface area contributed by atoms with Gasteiger partial charge < -0.3 is 24.3 Å². The maximum Gasteiger partial charge on any atom is 0.343 e. The Kier molecular flexibility index (Phi) is 9.03. The first-order chi connectivity index (χ1) is 15.4. The fraction of sp³-hybridized carbons (Fsp3) is 0.273. The highest BCUT2D eigenvalue weighted by Gasteiger charge is 2.16. The third-order valence-corrected chi connectivity index (χ3v) is 4.24. The van der Waals surface area contributed by atoms with Gasteiger partial charge in [0.2, 0.25) is 0 Å². The van der Waals surface area contributed by atoms with E-state index in [4.69, 9.17) is 14.2 Å². The standard InChI is InChI=1S/C22H25N3O7/c1-14(24-22(28)16-6-8-17(29-2)9-7-16)21(27)25-23-12-15-5-10-18(19(11-15)30-3)32-13-20(26)31-4/h5-12,14H,13H2,1-4H3,(H,24,28)(H,25,27). The number of rotatable bonds is 10. The maximum atomic E-state index is 12.2. The van der Waals surface area contributed by atoms with Crippen LogP contribution < -0.4 is 25.0 Å². The third kappa shape index (κ3) is 7.01. The van der Waals surface area contributed by atoms with E-state index in [1.807, 2.05) is 0 Å². The molecule has 0 fully saturated rings. The Balaban J connectivity index is 1.91. The van der Waals surface area contributed by atoms with Gasteiger partial charge in [0.05, 0.1) is 27.5 Å². The van der Waals surface area contributed by atoms with Gasteiger partial charge in [0, 0.05) is 5.56 Å². The third-order valence-electron chi connectivity index (χ3n) is 4.24. The van der Waals surface area contributed by atoms with Gasteiger partial charge in [-0.15, -0.1) is 0 Å². The highest BCUT2D eigenvalue weighted by molar-refractivity contribution is 5.97. The normalized spacial score (nSPS) is 11.4. The fourth-order valence-corrected chi connectivity index (χ4v) is 2.43. The molecule has 0 aromatic heterocycles. The van der Waals surface area contributed by atoms with Gasteiger partial charge >= 0.3 is 5.97 Å². The lowest BCUT2D eigenvalue weighted by atomic mass is 10.2. The molecule has 1 unspecified atom stereocenters. The van der Waals surface area contributed by atoms with Crippen molar-refractivity contribution in [3.05, 3.63) is 53.6 Å². The van der Waals surface area contributed by atoms with Crippen molar-refractivity contribution in [2.24, 2.45) is 5.10 Å². The van der Waals surface area contributed by atoms with Crippen LogP contribution in [-0.2, 0) is 14.3 Å². The second-order valence-electron chi connectivity index (χ2n) is 6.43. The summed E-state index contributed by atoms with van der Waals surface area (Å²) < 4.78 is 20.1. The molecule has 170 valence electrons. The maximum absolute atomic E-state index is 12.2. The van der Waals surface area contributed by atoms with E-state index in [0.717, 1.165) is 0 Å². The van der Waals surface area contributed by atoms with Gasteiger partial charge in [-0.3, -0.25) is 9.59 Å². The van der Waals surface area contributed by atoms with Crippen LogP contribution in [0, 0.1) is 0 Å². The van der Waals surface area contributed by atoms with E-state index in [9.17, 15) is 14.4 Å². The minimum Gasteiger partial charge on any atom is -0.497 e. The van der Waals surface area contributed by atoms with Crippen molar-refractivity contribution in [3.63, 3.8) is 0 Å². The van der Waals surface area contributed by atoms with E-state index in [1.165, 1.54) is 27.5 Å². The number of ether oxygens (including phenoxy) is 4. The molecule has 1 atom stereocenters. The summed E-state index contributed by atoms with van der Waals surface area (Å²) in [5.74, 6) is -0.0482. The number of esters is 1. The molecule has 0 bridgehead atoms. The summed E-state index contributed by atoms with van der Waals surface area (Å²) in [4.78, 5) is 35.7. The van der Waals surface area contributed by atoms with E-state index in [1.54, 1.807) is 49.4 Å². The van der Waals surface area contributed by atoms with Crippen LogP contribution in [0.25, 0.3) is 0 Å². The summed E-state index contributed by atoms with van der Waals surface area (Å²) >= 11 is 0. The van der Waals surface area contributed by atoms with Crippen LogP contribution in [0.1, 0.15) is 22.8 Å². The fourth-order valence-electron chi connectivity index (χ4n) is 2.43. The Morgan fingerprint density at radius 3 is 2.34 bits per heavy atom. The summed E-state index contributed by atoms with van der Waals surface area (Å²) in [6.07, 6.45) is 1.41. The zero-order valence-electron chi connectivity index (χ0n) is 18.2. The predicted octanol–water partition coefficient (Wildman–Crippen LogP) is 1.52. The van der Waals surface area contributed by atoms with Crippen molar-refractivity contribution in [2.45, 2.75) is 13.0 Å². The molecule has 0 saturated heterocycles. The van der Waals surface area contributed by atoms with Crippen LogP contribution in [-0.4, -0.2) is 58.0 Å². The topological polar surface area (TPSA) is 125 Å². The number of carbonyl (C=O) groups is 3. The Bertz CT molecular complexity index is 974. The quantitative estimate of drug-likeness (QED) is 0.324. The molecular weight excluding hydrogens is 418 g/mol. The number of amides is 2. The molecule has 2 rings (SSSR count). The minimum atomic E-state index is -0.814. The SMILES string of the molecule is COC(=O)COc1ccc(C=NNC(=O)C(C)NC(=O)c2ccc(OC)cc2)cc1OC. The van der Waals surface area contributed by atoms with Crippen molar-refractivity contribution >= 4 is 24.0 Å². The number of benzene rings is 2. The Morgan fingerprint density at radius 1 is 1.00 bits per heavy atom. The highest BCUT2D eigenvalue weighted by Crippen LogP contribution is 2.27. The molecule has 2 amide bonds. The average Bonchev–Trinajstić information content (AvgIpc) is 2.82. The first kappa shape index (κ1) is 24.2. The highest BCUT2D eigenvalue weighted by atomic mass is 16.6. The van der Waals surface area contributed by atoms with Crippen LogP contribution in [0.5, 0.6) is 17.2 Å². The molecule has 32 heavy (non-hydrogen) atoms. The van der Waals surface area contributed by atoms with Crippen molar-refractivity contribution in [2.75, 3.05) is 27.9 Å². The lowest BCUT2D eigenvalue weighted by Crippen LogP contribution is -2.43. The molecule has 0 aliphatic carbocycles. The molecule has 2 N–H and O–H groups in total. The second-order valence-corrected chi connectivity index (χ2v) is 6.43. The van der Waals surface area contributed by atoms with Crippen LogP contribution in [0.2, 0.25) is 0 Å². The number of hydrazone groups is 1. The van der Waals surface area contributed by atoms with Crippen LogP contribution in [0.4, 0.5) is 0 Å². The summed E-state index contributed by atoms with van der Waals surface area (Å²) in [6, 6.07) is 10.6. The van der Waals surface area contributed by atoms with E-state index >= 15 is 0 Å². The molecule has 10 heteroatoms. The van der Waals surface area contributed by atoms with Crippen molar-refractivity contribution in [1.82, 2.24) is 10.7 Å². The minimum absolute atomic E-state index is 0.253. The number of hydrogen-bond donors (Lipinski definition) is 2. The summed E-state index contributed by atoms with van der Waals surface area (Å²) in [5, 5.41) is 6.49. The van der Waals surface area contributed by atoms with Gasteiger partial charge in [-0.2, -0.15) is 5.10 Å². The molecule has 0 spiro atoms. The molecule has 0 aliphatic rings. The molecule has 0 aliphatic heterocycles. The van der Waals surface area contributed by atoms with Gasteiger partial charge in [0.25, 0.3) is 11.8 Å². The molecule has 2 aromatic carbocycles. The summed E-state index contributed by atoms with van der Waals surface area (Å²) in [7, 11) is 4.25. The monoisotopic (exact) mass is 443 g/mol. The Labute approximate surface area is 185 Å². The van der Waals surface area contributed by atoms with Crippen molar-refractivity contribution < 1.29 is 33.3 Å². The van der Waals surface area contributed by atoms with Crippen LogP contribution >= 0.6 is 0 Å². The van der Waals surface area contributed by atoms with Crippen LogP contribution in [0.15, 0.2) is 47.6 Å². The van der Waals surface area contributed by atoms with E-state index < -0.39 is 23.8 Å². The molecule has 0 radical (unpaired) electrons. The van der Waals surface area contributed by atoms with E-state index in [2.05, 4.69) is 20.6 Å². The van der Waals surface area contributed by atoms with Crippen molar-refractivity contribution in [3.8, 4) is 17.2 Å². The summed E-state index contributed by atoms with van der Waals surface area (Å²) in [6.45, 7) is 1.29. The lowest BCUT2D eigenvalue weighted by Gasteiger charge is -2.12. The zero-order valence-corrected chi connectivity index (χ0v) is 18.2. The Hall–Kier alpha value is -4.08. The smallest absolute Gasteiger partial charge is 0.343 e. The van der Waals surface area contributed by atoms with E-state index in [-0.39, 0.29) is 6.61 Å². The van der Waals surface area contributed by atoms with E-state index in [0.29, 0.717) is 28.4 Å². The van der Waals surface area contributed by atoms with Gasteiger partial charge in [-0.25, -0.2) is 10.2 Å². The number of nitrogens with one attached hydrogen (secondary N) is 2. The molecule has 2 aromatic rings. The first-order valence-corrected chi connectivity index (χ1v) is 9.53. The molecule has 10 nitrogen and oxygen atoms in total. The van der Waals surface area contributed by atoms with Crippen molar-refractivity contribution in [1.29, 1.82) is 0 Å². The van der Waals surface area contributed by atoms with Gasteiger partial charge in [-0.05, 0) is 55.0 Å². The first-order valence-electron chi connectivity index (χ1n) is 9.53. The van der Waals surface area contributed by atoms with Gasteiger partial charge in [-0.1, -0.05) is 0 Å². The summed E-state index contributed by atoms with van der Waals surface area (Å²) in [5.41, 5.74) is 3.38. The number of hydrogen-bond acceptors (Lipinski definition) is 8. The molecule has 0 heterocycles. The lowest BCUT2D eigenvalue weighted by molar-refractivity contribution is -0.142. The largest absolute Gasteiger partial charge is 0.497 e. The second kappa shape index (κ2) is 11.9. The number of methoxy groups -OCH3 is 3. The van der Waals surface area contributed by atoms with Crippen LogP contribution in [0.3, 0.4) is 0 Å². The molecular formula is C22H25N3O7. The van der Waals surface area contributed by atoms with Gasteiger partial charge in [0.1, 0.15) is 11.8 Å². The Morgan fingerprint density at radius 2 is 1.72 bits per heavy atom. The zero-order chi connectivity index (χ0) is 23.5. The predicted molar refractivity (Wildman–Crippen MR) is 116 cm³/mol.